The van der Waals surface area contributed by atoms with Crippen LogP contribution in [0.5, 0.6) is 0 Å². The van der Waals surface area contributed by atoms with Gasteiger partial charge in [0.2, 0.25) is 0 Å². The average molecular weight is 256 g/mol. The van der Waals surface area contributed by atoms with Crippen LogP contribution in [0.15, 0.2) is 23.7 Å². The maximum Gasteiger partial charge on any atom is 0.0471 e. The van der Waals surface area contributed by atoms with Gasteiger partial charge in [0.15, 0.2) is 0 Å². The summed E-state index contributed by atoms with van der Waals surface area (Å²) in [5.74, 6) is 0. The third-order valence-corrected chi connectivity index (χ3v) is 2.50. The van der Waals surface area contributed by atoms with E-state index in [2.05, 4.69) is 6.58 Å². The molecule has 70 valence electrons. The number of hydrogen-bond donors (Lipinski definition) is 0. The predicted octanol–water partition coefficient (Wildman–Crippen LogP) is 4.94. The van der Waals surface area contributed by atoms with Gasteiger partial charge in [-0.1, -0.05) is 53.0 Å². The van der Waals surface area contributed by atoms with Gasteiger partial charge in [-0.3, -0.25) is 0 Å². The van der Waals surface area contributed by atoms with Crippen molar-refractivity contribution in [2.45, 2.75) is 6.42 Å². The Bertz CT molecular complexity index is 320. The summed E-state index contributed by atoms with van der Waals surface area (Å²) in [5, 5.41) is 2.03. The monoisotopic (exact) mass is 254 g/mol. The van der Waals surface area contributed by atoms with Crippen molar-refractivity contribution in [1.29, 1.82) is 0 Å². The fourth-order valence-corrected chi connectivity index (χ4v) is 2.02. The minimum atomic E-state index is 0.455. The Balaban J connectivity index is 3.13. The van der Waals surface area contributed by atoms with E-state index in [1.807, 2.05) is 0 Å². The van der Waals surface area contributed by atoms with Gasteiger partial charge in [-0.05, 0) is 17.7 Å². The van der Waals surface area contributed by atoms with E-state index in [-0.39, 0.29) is 0 Å². The zero-order chi connectivity index (χ0) is 10.0. The van der Waals surface area contributed by atoms with Gasteiger partial charge in [-0.2, -0.15) is 0 Å². The first-order valence-corrected chi connectivity index (χ1v) is 4.98. The molecule has 0 spiro atoms. The van der Waals surface area contributed by atoms with E-state index in [0.717, 1.165) is 5.56 Å². The zero-order valence-corrected chi connectivity index (χ0v) is 9.60. The number of hydrogen-bond acceptors (Lipinski definition) is 0. The lowest BCUT2D eigenvalue weighted by atomic mass is 10.1. The van der Waals surface area contributed by atoms with Crippen molar-refractivity contribution in [2.24, 2.45) is 0 Å². The molecule has 1 rings (SSSR count). The van der Waals surface area contributed by atoms with Crippen LogP contribution in [0.3, 0.4) is 0 Å². The molecule has 0 unspecified atom stereocenters. The lowest BCUT2D eigenvalue weighted by Gasteiger charge is -2.06. The summed E-state index contributed by atoms with van der Waals surface area (Å²) in [6.45, 7) is 3.57. The Morgan fingerprint density at radius 2 is 1.62 bits per heavy atom. The standard InChI is InChI=1S/C9H6Cl4/c1-5(10)2-7-8(12)3-6(11)4-9(7)13/h3-4H,1-2H2. The van der Waals surface area contributed by atoms with Crippen LogP contribution in [0, 0.1) is 0 Å². The van der Waals surface area contributed by atoms with Gasteiger partial charge >= 0.3 is 0 Å². The van der Waals surface area contributed by atoms with Crippen LogP contribution in [0.4, 0.5) is 0 Å². The summed E-state index contributed by atoms with van der Waals surface area (Å²) in [5.41, 5.74) is 0.757. The Kier molecular flexibility index (Phi) is 3.93. The van der Waals surface area contributed by atoms with Crippen molar-refractivity contribution < 1.29 is 0 Å². The van der Waals surface area contributed by atoms with E-state index in [1.165, 1.54) is 0 Å². The third-order valence-electron chi connectivity index (χ3n) is 1.47. The van der Waals surface area contributed by atoms with Crippen molar-refractivity contribution in [3.05, 3.63) is 44.4 Å². The highest BCUT2D eigenvalue weighted by Crippen LogP contribution is 2.30. The Morgan fingerprint density at radius 1 is 1.15 bits per heavy atom. The second-order valence-corrected chi connectivity index (χ2v) is 4.33. The molecule has 0 saturated heterocycles. The molecule has 0 aliphatic rings. The topological polar surface area (TPSA) is 0 Å². The summed E-state index contributed by atoms with van der Waals surface area (Å²) in [4.78, 5) is 0. The van der Waals surface area contributed by atoms with E-state index in [9.17, 15) is 0 Å². The molecule has 0 aliphatic heterocycles. The molecule has 1 aromatic carbocycles. The molecule has 13 heavy (non-hydrogen) atoms. The lowest BCUT2D eigenvalue weighted by molar-refractivity contribution is 1.25. The molecule has 0 fully saturated rings. The van der Waals surface area contributed by atoms with Gasteiger partial charge < -0.3 is 0 Å². The summed E-state index contributed by atoms with van der Waals surface area (Å²) in [6.07, 6.45) is 0.455. The van der Waals surface area contributed by atoms with Crippen LogP contribution >= 0.6 is 46.4 Å². The fourth-order valence-electron chi connectivity index (χ4n) is 0.933. The van der Waals surface area contributed by atoms with Crippen LogP contribution in [0.2, 0.25) is 15.1 Å². The molecule has 0 aromatic heterocycles. The normalized spacial score (nSPS) is 10.2. The molecule has 0 heterocycles. The minimum Gasteiger partial charge on any atom is -0.0894 e. The third kappa shape index (κ3) is 3.07. The van der Waals surface area contributed by atoms with E-state index in [0.29, 0.717) is 26.5 Å². The Labute approximate surface area is 97.0 Å². The number of allylic oxidation sites excluding steroid dienone is 1. The predicted molar refractivity (Wildman–Crippen MR) is 60.2 cm³/mol. The smallest absolute Gasteiger partial charge is 0.0471 e. The first-order valence-electron chi connectivity index (χ1n) is 3.47. The quantitative estimate of drug-likeness (QED) is 0.702. The average Bonchev–Trinajstić information content (AvgIpc) is 1.96. The molecule has 0 saturated carbocycles. The highest BCUT2D eigenvalue weighted by atomic mass is 35.5. The molecule has 0 amide bonds. The van der Waals surface area contributed by atoms with Crippen LogP contribution in [-0.2, 0) is 6.42 Å². The Morgan fingerprint density at radius 3 is 2.00 bits per heavy atom. The second-order valence-electron chi connectivity index (χ2n) is 2.54. The van der Waals surface area contributed by atoms with Gasteiger partial charge in [0, 0.05) is 26.5 Å². The van der Waals surface area contributed by atoms with Crippen LogP contribution < -0.4 is 0 Å². The molecule has 4 heteroatoms. The molecular weight excluding hydrogens is 250 g/mol. The van der Waals surface area contributed by atoms with E-state index < -0.39 is 0 Å². The maximum absolute atomic E-state index is 5.91. The van der Waals surface area contributed by atoms with Crippen molar-refractivity contribution in [3.8, 4) is 0 Å². The van der Waals surface area contributed by atoms with Gasteiger partial charge in [-0.15, -0.1) is 0 Å². The summed E-state index contributed by atoms with van der Waals surface area (Å²) in [6, 6.07) is 3.26. The van der Waals surface area contributed by atoms with Gasteiger partial charge in [0.25, 0.3) is 0 Å². The molecule has 1 aromatic rings. The molecule has 0 bridgehead atoms. The fraction of sp³-hybridized carbons (Fsp3) is 0.111. The minimum absolute atomic E-state index is 0.455. The number of benzene rings is 1. The van der Waals surface area contributed by atoms with Gasteiger partial charge in [0.05, 0.1) is 0 Å². The largest absolute Gasteiger partial charge is 0.0894 e. The SMILES string of the molecule is C=C(Cl)Cc1c(Cl)cc(Cl)cc1Cl. The molecule has 0 atom stereocenters. The van der Waals surface area contributed by atoms with E-state index >= 15 is 0 Å². The van der Waals surface area contributed by atoms with Crippen molar-refractivity contribution in [2.75, 3.05) is 0 Å². The van der Waals surface area contributed by atoms with Gasteiger partial charge in [0.1, 0.15) is 0 Å². The second kappa shape index (κ2) is 4.56. The zero-order valence-electron chi connectivity index (χ0n) is 6.58. The van der Waals surface area contributed by atoms with Crippen LogP contribution in [-0.4, -0.2) is 0 Å². The van der Waals surface area contributed by atoms with Crippen molar-refractivity contribution in [1.82, 2.24) is 0 Å². The van der Waals surface area contributed by atoms with E-state index in [4.69, 9.17) is 46.4 Å². The summed E-state index contributed by atoms with van der Waals surface area (Å²) >= 11 is 23.2. The number of halogens is 4. The van der Waals surface area contributed by atoms with Crippen molar-refractivity contribution in [3.63, 3.8) is 0 Å². The highest BCUT2D eigenvalue weighted by molar-refractivity contribution is 6.39. The van der Waals surface area contributed by atoms with Crippen LogP contribution in [0.25, 0.3) is 0 Å². The first kappa shape index (κ1) is 11.2. The van der Waals surface area contributed by atoms with E-state index in [1.54, 1.807) is 12.1 Å². The summed E-state index contributed by atoms with van der Waals surface area (Å²) in [7, 11) is 0. The molecule has 0 radical (unpaired) electrons. The Hall–Kier alpha value is 0.120. The summed E-state index contributed by atoms with van der Waals surface area (Å²) < 4.78 is 0. The highest BCUT2D eigenvalue weighted by Gasteiger charge is 2.07. The maximum atomic E-state index is 5.91. The first-order chi connectivity index (χ1) is 6.00. The molecule has 0 N–H and O–H groups in total. The van der Waals surface area contributed by atoms with Crippen molar-refractivity contribution >= 4 is 46.4 Å². The molecule has 0 aliphatic carbocycles. The van der Waals surface area contributed by atoms with Crippen LogP contribution in [0.1, 0.15) is 5.56 Å². The number of rotatable bonds is 2. The molecular formula is C9H6Cl4. The van der Waals surface area contributed by atoms with Gasteiger partial charge in [-0.25, -0.2) is 0 Å². The lowest BCUT2D eigenvalue weighted by Crippen LogP contribution is -1.87. The molecule has 0 nitrogen and oxygen atoms in total.